The van der Waals surface area contributed by atoms with Crippen molar-refractivity contribution < 1.29 is 33.0 Å². The lowest BCUT2D eigenvalue weighted by molar-refractivity contribution is -0.134. The van der Waals surface area contributed by atoms with Gasteiger partial charge in [0.15, 0.2) is 24.7 Å². The Bertz CT molecular complexity index is 973. The summed E-state index contributed by atoms with van der Waals surface area (Å²) in [6.45, 7) is 2.96. The van der Waals surface area contributed by atoms with Gasteiger partial charge in [-0.25, -0.2) is 9.18 Å². The number of esters is 1. The lowest BCUT2D eigenvalue weighted by atomic mass is 10.1. The first-order valence-electron chi connectivity index (χ1n) is 10.9. The predicted octanol–water partition coefficient (Wildman–Crippen LogP) is 3.41. The highest BCUT2D eigenvalue weighted by molar-refractivity contribution is 5.95. The third-order valence-electron chi connectivity index (χ3n) is 5.00. The van der Waals surface area contributed by atoms with Crippen LogP contribution < -0.4 is 14.8 Å². The quantitative estimate of drug-likeness (QED) is 0.579. The van der Waals surface area contributed by atoms with Crippen LogP contribution in [0.5, 0.6) is 11.5 Å². The largest absolute Gasteiger partial charge is 0.490 e. The number of likely N-dealkylation sites (tertiary alicyclic amines) is 1. The van der Waals surface area contributed by atoms with E-state index < -0.39 is 24.3 Å². The van der Waals surface area contributed by atoms with E-state index in [4.69, 9.17) is 14.2 Å². The lowest BCUT2D eigenvalue weighted by Crippen LogP contribution is -2.38. The Labute approximate surface area is 191 Å². The van der Waals surface area contributed by atoms with Crippen molar-refractivity contribution in [1.29, 1.82) is 0 Å². The smallest absolute Gasteiger partial charge is 0.338 e. The minimum absolute atomic E-state index is 0.0900. The van der Waals surface area contributed by atoms with Crippen molar-refractivity contribution in [3.05, 3.63) is 53.8 Å². The average molecular weight is 458 g/mol. The lowest BCUT2D eigenvalue weighted by Gasteiger charge is -2.26. The predicted molar refractivity (Wildman–Crippen MR) is 119 cm³/mol. The highest BCUT2D eigenvalue weighted by atomic mass is 19.1. The van der Waals surface area contributed by atoms with Gasteiger partial charge in [-0.1, -0.05) is 0 Å². The van der Waals surface area contributed by atoms with E-state index >= 15 is 0 Å². The Morgan fingerprint density at radius 2 is 1.67 bits per heavy atom. The fourth-order valence-corrected chi connectivity index (χ4v) is 3.34. The third kappa shape index (κ3) is 7.20. The molecule has 1 aliphatic heterocycles. The number of piperidine rings is 1. The first-order valence-corrected chi connectivity index (χ1v) is 10.9. The molecule has 33 heavy (non-hydrogen) atoms. The number of nitrogens with zero attached hydrogens (tertiary/aromatic N) is 1. The van der Waals surface area contributed by atoms with Gasteiger partial charge in [-0.05, 0) is 68.7 Å². The van der Waals surface area contributed by atoms with Crippen molar-refractivity contribution in [3.63, 3.8) is 0 Å². The first kappa shape index (κ1) is 24.0. The van der Waals surface area contributed by atoms with Gasteiger partial charge in [-0.2, -0.15) is 0 Å². The Morgan fingerprint density at radius 1 is 0.939 bits per heavy atom. The van der Waals surface area contributed by atoms with Crippen LogP contribution >= 0.6 is 0 Å². The van der Waals surface area contributed by atoms with Crippen LogP contribution in [0.2, 0.25) is 0 Å². The van der Waals surface area contributed by atoms with Gasteiger partial charge in [0.2, 0.25) is 0 Å². The van der Waals surface area contributed by atoms with Crippen LogP contribution in [0.1, 0.15) is 36.5 Å². The van der Waals surface area contributed by atoms with Gasteiger partial charge in [0.25, 0.3) is 11.8 Å². The Morgan fingerprint density at radius 3 is 2.36 bits per heavy atom. The molecule has 1 heterocycles. The van der Waals surface area contributed by atoms with Gasteiger partial charge in [0.05, 0.1) is 12.2 Å². The number of anilines is 1. The maximum Gasteiger partial charge on any atom is 0.338 e. The number of rotatable bonds is 9. The van der Waals surface area contributed by atoms with E-state index in [1.807, 2.05) is 0 Å². The number of hydrogen-bond acceptors (Lipinski definition) is 6. The molecule has 3 rings (SSSR count). The molecule has 1 aliphatic rings. The second-order valence-electron chi connectivity index (χ2n) is 7.46. The Hall–Kier alpha value is -3.62. The fourth-order valence-electron chi connectivity index (χ4n) is 3.34. The van der Waals surface area contributed by atoms with Crippen molar-refractivity contribution >= 4 is 23.5 Å². The number of carbonyl (C=O) groups excluding carboxylic acids is 3. The second-order valence-corrected chi connectivity index (χ2v) is 7.46. The zero-order valence-electron chi connectivity index (χ0n) is 18.5. The molecule has 8 nitrogen and oxygen atoms in total. The van der Waals surface area contributed by atoms with Gasteiger partial charge in [-0.15, -0.1) is 0 Å². The van der Waals surface area contributed by atoms with E-state index in [-0.39, 0.29) is 18.1 Å². The summed E-state index contributed by atoms with van der Waals surface area (Å²) in [5.74, 6) is -1.15. The molecular formula is C24H27FN2O6. The fraction of sp³-hybridized carbons (Fsp3) is 0.375. The zero-order chi connectivity index (χ0) is 23.6. The summed E-state index contributed by atoms with van der Waals surface area (Å²) >= 11 is 0. The summed E-state index contributed by atoms with van der Waals surface area (Å²) in [4.78, 5) is 38.5. The first-order chi connectivity index (χ1) is 16.0. The maximum absolute atomic E-state index is 12.9. The monoisotopic (exact) mass is 458 g/mol. The van der Waals surface area contributed by atoms with E-state index in [9.17, 15) is 18.8 Å². The number of benzene rings is 2. The van der Waals surface area contributed by atoms with Crippen molar-refractivity contribution in [1.82, 2.24) is 4.90 Å². The summed E-state index contributed by atoms with van der Waals surface area (Å²) in [7, 11) is 0. The van der Waals surface area contributed by atoms with Gasteiger partial charge in [-0.3, -0.25) is 9.59 Å². The summed E-state index contributed by atoms with van der Waals surface area (Å²) in [6.07, 6.45) is 3.12. The van der Waals surface area contributed by atoms with Crippen LogP contribution in [0, 0.1) is 5.82 Å². The van der Waals surface area contributed by atoms with E-state index in [0.29, 0.717) is 23.8 Å². The number of halogens is 1. The molecule has 0 saturated carbocycles. The molecule has 0 bridgehead atoms. The van der Waals surface area contributed by atoms with Crippen LogP contribution in [0.4, 0.5) is 10.1 Å². The van der Waals surface area contributed by atoms with Gasteiger partial charge in [0, 0.05) is 18.8 Å². The van der Waals surface area contributed by atoms with E-state index in [1.54, 1.807) is 11.8 Å². The van der Waals surface area contributed by atoms with Crippen LogP contribution in [0.3, 0.4) is 0 Å². The SMILES string of the molecule is CCOc1cc(C(=O)OCC(=O)Nc2ccc(F)cc2)ccc1OCC(=O)N1CCCCC1. The number of hydrogen-bond donors (Lipinski definition) is 1. The van der Waals surface area contributed by atoms with Crippen LogP contribution in [-0.4, -0.2) is 55.6 Å². The number of amides is 2. The molecule has 2 amide bonds. The molecule has 1 N–H and O–H groups in total. The summed E-state index contributed by atoms with van der Waals surface area (Å²) in [5, 5.41) is 2.51. The molecule has 0 spiro atoms. The summed E-state index contributed by atoms with van der Waals surface area (Å²) in [6, 6.07) is 9.68. The molecule has 1 saturated heterocycles. The highest BCUT2D eigenvalue weighted by Gasteiger charge is 2.19. The maximum atomic E-state index is 12.9. The van der Waals surface area contributed by atoms with Crippen LogP contribution in [-0.2, 0) is 14.3 Å². The van der Waals surface area contributed by atoms with Gasteiger partial charge >= 0.3 is 5.97 Å². The number of ether oxygens (including phenoxy) is 3. The molecule has 0 aromatic heterocycles. The molecule has 1 fully saturated rings. The summed E-state index contributed by atoms with van der Waals surface area (Å²) in [5.41, 5.74) is 0.555. The Kier molecular flexibility index (Phi) is 8.63. The van der Waals surface area contributed by atoms with E-state index in [0.717, 1.165) is 32.4 Å². The zero-order valence-corrected chi connectivity index (χ0v) is 18.5. The molecular weight excluding hydrogens is 431 g/mol. The van der Waals surface area contributed by atoms with Crippen LogP contribution in [0.15, 0.2) is 42.5 Å². The molecule has 0 unspecified atom stereocenters. The van der Waals surface area contributed by atoms with E-state index in [1.165, 1.54) is 42.5 Å². The van der Waals surface area contributed by atoms with Crippen molar-refractivity contribution in [2.45, 2.75) is 26.2 Å². The molecule has 0 radical (unpaired) electrons. The third-order valence-corrected chi connectivity index (χ3v) is 5.00. The van der Waals surface area contributed by atoms with Crippen molar-refractivity contribution in [2.75, 3.05) is 38.2 Å². The molecule has 2 aromatic carbocycles. The topological polar surface area (TPSA) is 94.2 Å². The number of carbonyl (C=O) groups is 3. The van der Waals surface area contributed by atoms with Crippen molar-refractivity contribution in [3.8, 4) is 11.5 Å². The second kappa shape index (κ2) is 11.8. The summed E-state index contributed by atoms with van der Waals surface area (Å²) < 4.78 is 29.2. The Balaban J connectivity index is 1.55. The average Bonchev–Trinajstić information content (AvgIpc) is 2.83. The molecule has 0 aliphatic carbocycles. The van der Waals surface area contributed by atoms with Crippen LogP contribution in [0.25, 0.3) is 0 Å². The minimum Gasteiger partial charge on any atom is -0.490 e. The molecule has 9 heteroatoms. The van der Waals surface area contributed by atoms with E-state index in [2.05, 4.69) is 5.32 Å². The van der Waals surface area contributed by atoms with Gasteiger partial charge < -0.3 is 24.4 Å². The highest BCUT2D eigenvalue weighted by Crippen LogP contribution is 2.29. The molecule has 2 aromatic rings. The molecule has 176 valence electrons. The number of nitrogens with one attached hydrogen (secondary N) is 1. The normalized spacial score (nSPS) is 13.2. The standard InChI is InChI=1S/C24H27FN2O6/c1-2-31-21-14-17(6-11-20(21)32-16-23(29)27-12-4-3-5-13-27)24(30)33-15-22(28)26-19-9-7-18(25)8-10-19/h6-11,14H,2-5,12-13,15-16H2,1H3,(H,26,28). The van der Waals surface area contributed by atoms with Crippen molar-refractivity contribution in [2.24, 2.45) is 0 Å². The van der Waals surface area contributed by atoms with Gasteiger partial charge in [0.1, 0.15) is 5.82 Å². The minimum atomic E-state index is -0.721. The molecule has 0 atom stereocenters.